The fourth-order valence-corrected chi connectivity index (χ4v) is 5.40. The minimum absolute atomic E-state index is 0.209. The molecule has 2 aromatic rings. The van der Waals surface area contributed by atoms with Crippen LogP contribution in [0.3, 0.4) is 0 Å². The molecule has 0 radical (unpaired) electrons. The van der Waals surface area contributed by atoms with E-state index in [-0.39, 0.29) is 6.04 Å². The summed E-state index contributed by atoms with van der Waals surface area (Å²) in [5.41, 5.74) is 1.14. The molecule has 7 heteroatoms. The molecule has 1 aliphatic carbocycles. The number of nitrogens with zero attached hydrogens (tertiary/aromatic N) is 4. The van der Waals surface area contributed by atoms with Gasteiger partial charge in [0.05, 0.1) is 7.11 Å². The van der Waals surface area contributed by atoms with Crippen LogP contribution < -0.4 is 9.64 Å². The fourth-order valence-electron chi connectivity index (χ4n) is 4.68. The minimum Gasteiger partial charge on any atom is -0.497 e. The molecule has 1 aliphatic heterocycles. The van der Waals surface area contributed by atoms with Crippen molar-refractivity contribution in [1.29, 1.82) is 0 Å². The zero-order valence-corrected chi connectivity index (χ0v) is 18.9. The Morgan fingerprint density at radius 2 is 2.10 bits per heavy atom. The Kier molecular flexibility index (Phi) is 6.87. The number of aromatic nitrogens is 2. The molecule has 2 aliphatic rings. The monoisotopic (exact) mass is 428 g/mol. The zero-order valence-electron chi connectivity index (χ0n) is 18.0. The number of methoxy groups -OCH3 is 1. The SMILES string of the molecule is COc1cccc(Cc2nsc(N3CCN(C(=O)CCC4CCCC4)C(C)C3)n2)c1. The van der Waals surface area contributed by atoms with Crippen LogP contribution in [0.25, 0.3) is 0 Å². The van der Waals surface area contributed by atoms with Gasteiger partial charge in [-0.05, 0) is 37.0 Å². The Balaban J connectivity index is 1.30. The number of amides is 1. The van der Waals surface area contributed by atoms with Crippen molar-refractivity contribution in [3.63, 3.8) is 0 Å². The van der Waals surface area contributed by atoms with Crippen LogP contribution in [0.2, 0.25) is 0 Å². The van der Waals surface area contributed by atoms with Crippen LogP contribution in [0.1, 0.15) is 56.8 Å². The first-order valence-electron chi connectivity index (χ1n) is 11.1. The lowest BCUT2D eigenvalue weighted by atomic mass is 10.0. The molecule has 6 nitrogen and oxygen atoms in total. The number of hydrogen-bond donors (Lipinski definition) is 0. The van der Waals surface area contributed by atoms with Gasteiger partial charge in [-0.25, -0.2) is 4.98 Å². The van der Waals surface area contributed by atoms with Gasteiger partial charge in [-0.15, -0.1) is 0 Å². The molecule has 1 atom stereocenters. The highest BCUT2D eigenvalue weighted by Gasteiger charge is 2.29. The summed E-state index contributed by atoms with van der Waals surface area (Å²) in [7, 11) is 1.68. The van der Waals surface area contributed by atoms with Crippen LogP contribution in [0, 0.1) is 5.92 Å². The molecular formula is C23H32N4O2S. The number of hydrogen-bond acceptors (Lipinski definition) is 6. The Labute approximate surface area is 183 Å². The summed E-state index contributed by atoms with van der Waals surface area (Å²) in [6, 6.07) is 8.24. The fraction of sp³-hybridized carbons (Fsp3) is 0.609. The summed E-state index contributed by atoms with van der Waals surface area (Å²) in [5.74, 6) is 2.79. The second-order valence-electron chi connectivity index (χ2n) is 8.59. The van der Waals surface area contributed by atoms with Crippen molar-refractivity contribution < 1.29 is 9.53 Å². The van der Waals surface area contributed by atoms with E-state index in [9.17, 15) is 4.79 Å². The summed E-state index contributed by atoms with van der Waals surface area (Å²) >= 11 is 1.45. The van der Waals surface area contributed by atoms with Gasteiger partial charge in [0.2, 0.25) is 11.0 Å². The molecule has 30 heavy (non-hydrogen) atoms. The number of carbonyl (C=O) groups excluding carboxylic acids is 1. The first kappa shape index (κ1) is 21.1. The second-order valence-corrected chi connectivity index (χ2v) is 9.32. The van der Waals surface area contributed by atoms with Crippen LogP contribution in [-0.2, 0) is 11.2 Å². The van der Waals surface area contributed by atoms with Gasteiger partial charge in [0.15, 0.2) is 0 Å². The van der Waals surface area contributed by atoms with Gasteiger partial charge in [-0.3, -0.25) is 4.79 Å². The molecule has 1 aromatic heterocycles. The molecule has 0 N–H and O–H groups in total. The molecule has 1 amide bonds. The van der Waals surface area contributed by atoms with E-state index in [1.165, 1.54) is 37.2 Å². The topological polar surface area (TPSA) is 58.6 Å². The number of rotatable bonds is 7. The smallest absolute Gasteiger partial charge is 0.222 e. The Morgan fingerprint density at radius 3 is 2.87 bits per heavy atom. The molecule has 0 bridgehead atoms. The molecule has 1 saturated heterocycles. The molecule has 162 valence electrons. The molecule has 4 rings (SSSR count). The van der Waals surface area contributed by atoms with E-state index in [4.69, 9.17) is 9.72 Å². The predicted octanol–water partition coefficient (Wildman–Crippen LogP) is 4.15. The first-order chi connectivity index (χ1) is 14.6. The molecule has 1 unspecified atom stereocenters. The highest BCUT2D eigenvalue weighted by molar-refractivity contribution is 7.09. The number of anilines is 1. The summed E-state index contributed by atoms with van der Waals surface area (Å²) in [5, 5.41) is 0.956. The summed E-state index contributed by atoms with van der Waals surface area (Å²) < 4.78 is 9.86. The molecular weight excluding hydrogens is 396 g/mol. The quantitative estimate of drug-likeness (QED) is 0.663. The molecule has 1 aromatic carbocycles. The number of ether oxygens (including phenoxy) is 1. The summed E-state index contributed by atoms with van der Waals surface area (Å²) in [6.07, 6.45) is 7.78. The summed E-state index contributed by atoms with van der Waals surface area (Å²) in [6.45, 7) is 4.57. The highest BCUT2D eigenvalue weighted by atomic mass is 32.1. The van der Waals surface area contributed by atoms with E-state index in [0.29, 0.717) is 18.7 Å². The van der Waals surface area contributed by atoms with Gasteiger partial charge in [0.25, 0.3) is 0 Å². The second kappa shape index (κ2) is 9.77. The van der Waals surface area contributed by atoms with Crippen LogP contribution in [-0.4, -0.2) is 53.0 Å². The number of benzene rings is 1. The Morgan fingerprint density at radius 1 is 1.27 bits per heavy atom. The third kappa shape index (κ3) is 5.12. The standard InChI is InChI=1S/C23H32N4O2S/c1-17-16-26(12-13-27(17)22(28)11-10-18-6-3-4-7-18)23-24-21(25-30-23)15-19-8-5-9-20(14-19)29-2/h5,8-9,14,17-18H,3-4,6-7,10-13,15-16H2,1-2H3. The Bertz CT molecular complexity index is 849. The van der Waals surface area contributed by atoms with E-state index in [1.807, 2.05) is 18.2 Å². The average Bonchev–Trinajstić information content (AvgIpc) is 3.44. The predicted molar refractivity (Wildman–Crippen MR) is 120 cm³/mol. The number of piperazine rings is 1. The van der Waals surface area contributed by atoms with E-state index in [1.54, 1.807) is 7.11 Å². The van der Waals surface area contributed by atoms with Gasteiger partial charge in [0.1, 0.15) is 11.6 Å². The van der Waals surface area contributed by atoms with Crippen molar-refractivity contribution in [3.8, 4) is 5.75 Å². The van der Waals surface area contributed by atoms with E-state index >= 15 is 0 Å². The lowest BCUT2D eigenvalue weighted by Crippen LogP contribution is -2.54. The lowest BCUT2D eigenvalue weighted by Gasteiger charge is -2.39. The molecule has 1 saturated carbocycles. The van der Waals surface area contributed by atoms with Gasteiger partial charge in [-0.1, -0.05) is 37.8 Å². The highest BCUT2D eigenvalue weighted by Crippen LogP contribution is 2.29. The average molecular weight is 429 g/mol. The van der Waals surface area contributed by atoms with E-state index in [0.717, 1.165) is 54.2 Å². The van der Waals surface area contributed by atoms with Gasteiger partial charge in [-0.2, -0.15) is 4.37 Å². The summed E-state index contributed by atoms with van der Waals surface area (Å²) in [4.78, 5) is 21.9. The largest absolute Gasteiger partial charge is 0.497 e. The van der Waals surface area contributed by atoms with Crippen LogP contribution in [0.5, 0.6) is 5.75 Å². The van der Waals surface area contributed by atoms with Crippen molar-refractivity contribution in [1.82, 2.24) is 14.3 Å². The van der Waals surface area contributed by atoms with E-state index in [2.05, 4.69) is 27.2 Å². The third-order valence-electron chi connectivity index (χ3n) is 6.41. The minimum atomic E-state index is 0.209. The van der Waals surface area contributed by atoms with Gasteiger partial charge < -0.3 is 14.5 Å². The van der Waals surface area contributed by atoms with Crippen molar-refractivity contribution >= 4 is 22.6 Å². The maximum atomic E-state index is 12.7. The first-order valence-corrected chi connectivity index (χ1v) is 11.9. The zero-order chi connectivity index (χ0) is 20.9. The molecule has 2 fully saturated rings. The van der Waals surface area contributed by atoms with Crippen molar-refractivity contribution in [3.05, 3.63) is 35.7 Å². The van der Waals surface area contributed by atoms with Crippen molar-refractivity contribution in [2.75, 3.05) is 31.6 Å². The lowest BCUT2D eigenvalue weighted by molar-refractivity contribution is -0.133. The van der Waals surface area contributed by atoms with Crippen molar-refractivity contribution in [2.24, 2.45) is 5.92 Å². The Hall–Kier alpha value is -2.15. The molecule has 0 spiro atoms. The normalized spacial score (nSPS) is 20.0. The third-order valence-corrected chi connectivity index (χ3v) is 7.23. The van der Waals surface area contributed by atoms with E-state index < -0.39 is 0 Å². The molecule has 2 heterocycles. The van der Waals surface area contributed by atoms with Crippen molar-refractivity contribution in [2.45, 2.75) is 57.9 Å². The maximum Gasteiger partial charge on any atom is 0.222 e. The van der Waals surface area contributed by atoms with Crippen LogP contribution in [0.15, 0.2) is 24.3 Å². The van der Waals surface area contributed by atoms with Crippen LogP contribution in [0.4, 0.5) is 5.13 Å². The van der Waals surface area contributed by atoms with Gasteiger partial charge in [0, 0.05) is 50.1 Å². The maximum absolute atomic E-state index is 12.7. The number of carbonyl (C=O) groups is 1. The van der Waals surface area contributed by atoms with Crippen LogP contribution >= 0.6 is 11.5 Å². The van der Waals surface area contributed by atoms with Gasteiger partial charge >= 0.3 is 0 Å².